The van der Waals surface area contributed by atoms with E-state index >= 15 is 0 Å². The summed E-state index contributed by atoms with van der Waals surface area (Å²) in [5, 5.41) is 19.6. The van der Waals surface area contributed by atoms with Crippen molar-refractivity contribution >= 4 is 15.7 Å². The van der Waals surface area contributed by atoms with E-state index in [9.17, 15) is 14.8 Å². The fourth-order valence-electron chi connectivity index (χ4n) is 1.70. The quantitative estimate of drug-likeness (QED) is 0.418. The van der Waals surface area contributed by atoms with Gasteiger partial charge in [-0.25, -0.2) is 4.57 Å². The maximum Gasteiger partial charge on any atom is 0.444 e. The first-order valence-corrected chi connectivity index (χ1v) is 7.02. The minimum Gasteiger partial charge on any atom is -0.464 e. The number of hydrogen-bond donors (Lipinski definition) is 2. The molecular weight excluding hydrogens is 313 g/mol. The van der Waals surface area contributed by atoms with E-state index in [1.54, 1.807) is 0 Å². The van der Waals surface area contributed by atoms with Crippen LogP contribution in [0.4, 0.5) is 0 Å². The minimum atomic E-state index is -3.62. The third-order valence-corrected chi connectivity index (χ3v) is 4.31. The largest absolute Gasteiger partial charge is 0.464 e. The van der Waals surface area contributed by atoms with Crippen LogP contribution in [-0.4, -0.2) is 55.1 Å². The summed E-state index contributed by atoms with van der Waals surface area (Å²) in [6, 6.07) is -1.04. The number of aliphatic hydroxyl groups is 2. The molecule has 2 aliphatic rings. The zero-order valence-electron chi connectivity index (χ0n) is 10.3. The van der Waals surface area contributed by atoms with E-state index in [1.165, 1.54) is 13.5 Å². The van der Waals surface area contributed by atoms with E-state index in [-0.39, 0.29) is 31.8 Å². The Morgan fingerprint density at radius 1 is 1.63 bits per heavy atom. The number of ether oxygens (including phenoxy) is 1. The fourth-order valence-corrected chi connectivity index (χ4v) is 2.84. The van der Waals surface area contributed by atoms with Crippen LogP contribution in [0, 0.1) is 6.61 Å². The Morgan fingerprint density at radius 3 is 2.79 bits per heavy atom. The van der Waals surface area contributed by atoms with Crippen molar-refractivity contribution in [1.82, 2.24) is 0 Å². The second-order valence-corrected chi connectivity index (χ2v) is 6.02. The van der Waals surface area contributed by atoms with Gasteiger partial charge in [0, 0.05) is 31.2 Å². The first-order valence-electron chi connectivity index (χ1n) is 5.56. The van der Waals surface area contributed by atoms with Crippen molar-refractivity contribution in [2.24, 2.45) is 0 Å². The van der Waals surface area contributed by atoms with Crippen LogP contribution in [-0.2, 0) is 41.4 Å². The molecule has 107 valence electrons. The molecule has 2 rings (SSSR count). The van der Waals surface area contributed by atoms with Crippen molar-refractivity contribution in [3.63, 3.8) is 0 Å². The van der Waals surface area contributed by atoms with Crippen LogP contribution >= 0.6 is 7.82 Å². The molecule has 2 N–H and O–H groups in total. The molecule has 2 fully saturated rings. The van der Waals surface area contributed by atoms with Crippen LogP contribution in [0.15, 0.2) is 0 Å². The predicted molar refractivity (Wildman–Crippen MR) is 60.6 cm³/mol. The molecule has 2 heterocycles. The summed E-state index contributed by atoms with van der Waals surface area (Å²) in [6.07, 6.45) is -1.61. The molecule has 2 saturated heterocycles. The Labute approximate surface area is 124 Å². The van der Waals surface area contributed by atoms with Crippen LogP contribution in [0.1, 0.15) is 13.3 Å². The molecule has 0 aliphatic carbocycles. The van der Waals surface area contributed by atoms with Crippen molar-refractivity contribution in [3.8, 4) is 0 Å². The van der Waals surface area contributed by atoms with Gasteiger partial charge < -0.3 is 19.5 Å². The van der Waals surface area contributed by atoms with E-state index in [4.69, 9.17) is 26.2 Å². The molecule has 0 spiro atoms. The van der Waals surface area contributed by atoms with Gasteiger partial charge in [-0.1, -0.05) is 0 Å². The fraction of sp³-hybridized carbons (Fsp3) is 0.889. The topological polar surface area (TPSA) is 94.5 Å². The second-order valence-electron chi connectivity index (χ2n) is 4.40. The van der Waals surface area contributed by atoms with Crippen molar-refractivity contribution < 1.29 is 51.6 Å². The SMILES string of the molecule is [B][C@@H]1O[C@H](COP2(=O)O[CH-]CCO2)[C@@H](O)[C@@]1(C)O.[V]. The number of aliphatic hydroxyl groups excluding tert-OH is 1. The molecule has 7 nitrogen and oxygen atoms in total. The van der Waals surface area contributed by atoms with E-state index in [1.807, 2.05) is 0 Å². The number of phosphoric acid groups is 1. The number of phosphoric ester groups is 1. The zero-order valence-corrected chi connectivity index (χ0v) is 12.6. The summed E-state index contributed by atoms with van der Waals surface area (Å²) in [5.41, 5.74) is -1.58. The Kier molecular flexibility index (Phi) is 6.15. The molecule has 0 saturated carbocycles. The summed E-state index contributed by atoms with van der Waals surface area (Å²) in [7, 11) is 1.89. The monoisotopic (exact) mass is 328 g/mol. The van der Waals surface area contributed by atoms with Gasteiger partial charge in [0.15, 0.2) is 0 Å². The molecule has 1 unspecified atom stereocenters. The van der Waals surface area contributed by atoms with Crippen LogP contribution < -0.4 is 0 Å². The molecular formula is C9H15BO7PV-. The molecule has 0 aromatic heterocycles. The number of rotatable bonds is 3. The average Bonchev–Trinajstić information content (AvgIpc) is 2.52. The van der Waals surface area contributed by atoms with Gasteiger partial charge in [-0.2, -0.15) is 6.61 Å². The van der Waals surface area contributed by atoms with Crippen molar-refractivity contribution in [1.29, 1.82) is 0 Å². The van der Waals surface area contributed by atoms with Crippen LogP contribution in [0.25, 0.3) is 0 Å². The molecule has 2 aliphatic heterocycles. The normalized spacial score (nSPS) is 46.8. The van der Waals surface area contributed by atoms with E-state index < -0.39 is 31.6 Å². The average molecular weight is 328 g/mol. The minimum absolute atomic E-state index is 0. The molecule has 3 radical (unpaired) electrons. The van der Waals surface area contributed by atoms with Gasteiger partial charge in [-0.05, 0) is 6.92 Å². The van der Waals surface area contributed by atoms with Gasteiger partial charge in [0.1, 0.15) is 25.7 Å². The van der Waals surface area contributed by atoms with Gasteiger partial charge in [-0.3, -0.25) is 9.05 Å². The third-order valence-electron chi connectivity index (χ3n) is 2.93. The first-order chi connectivity index (χ1) is 8.35. The molecule has 19 heavy (non-hydrogen) atoms. The van der Waals surface area contributed by atoms with Crippen molar-refractivity contribution in [2.45, 2.75) is 37.2 Å². The summed E-state index contributed by atoms with van der Waals surface area (Å²) < 4.78 is 31.6. The van der Waals surface area contributed by atoms with Gasteiger partial charge in [0.2, 0.25) is 0 Å². The first kappa shape index (κ1) is 17.7. The Bertz CT molecular complexity index is 345. The Morgan fingerprint density at radius 2 is 2.32 bits per heavy atom. The van der Waals surface area contributed by atoms with Crippen molar-refractivity contribution in [3.05, 3.63) is 6.61 Å². The summed E-state index contributed by atoms with van der Waals surface area (Å²) >= 11 is 0. The van der Waals surface area contributed by atoms with Crippen LogP contribution in [0.2, 0.25) is 0 Å². The smallest absolute Gasteiger partial charge is 0.444 e. The van der Waals surface area contributed by atoms with E-state index in [2.05, 4.69) is 0 Å². The van der Waals surface area contributed by atoms with E-state index in [0.29, 0.717) is 6.42 Å². The summed E-state index contributed by atoms with van der Waals surface area (Å²) in [6.45, 7) is 2.68. The van der Waals surface area contributed by atoms with Gasteiger partial charge in [0.05, 0.1) is 6.61 Å². The van der Waals surface area contributed by atoms with Gasteiger partial charge >= 0.3 is 7.82 Å². The molecule has 10 heteroatoms. The second kappa shape index (κ2) is 6.60. The predicted octanol–water partition coefficient (Wildman–Crippen LogP) is -0.287. The Balaban J connectivity index is 0.00000180. The van der Waals surface area contributed by atoms with Crippen LogP contribution in [0.3, 0.4) is 0 Å². The molecule has 0 bridgehead atoms. The molecule has 0 aromatic rings. The molecule has 0 aromatic carbocycles. The summed E-state index contributed by atoms with van der Waals surface area (Å²) in [4.78, 5) is 0. The van der Waals surface area contributed by atoms with Gasteiger partial charge in [0.25, 0.3) is 0 Å². The molecule has 5 atom stereocenters. The summed E-state index contributed by atoms with van der Waals surface area (Å²) in [5.74, 6) is 0. The molecule has 0 amide bonds. The maximum absolute atomic E-state index is 11.8. The number of hydrogen-bond acceptors (Lipinski definition) is 7. The Hall–Kier alpha value is 0.639. The van der Waals surface area contributed by atoms with Gasteiger partial charge in [-0.15, -0.1) is 6.42 Å². The standard InChI is InChI=1S/C9H15BO7P.V/c1-9(12)7(11)6(17-8(9)10)5-16-18(13)14-3-2-4-15-18;/h3,6-8,11-12H,2,4-5H2,1H3;/q-1;/t6-,7-,8-,9-,18?;/m1./s1. The third kappa shape index (κ3) is 3.84. The maximum atomic E-state index is 11.8. The van der Waals surface area contributed by atoms with Crippen LogP contribution in [0.5, 0.6) is 0 Å². The zero-order chi connectivity index (χ0) is 13.4. The van der Waals surface area contributed by atoms with E-state index in [0.717, 1.165) is 0 Å². The van der Waals surface area contributed by atoms with Crippen molar-refractivity contribution in [2.75, 3.05) is 13.2 Å².